The summed E-state index contributed by atoms with van der Waals surface area (Å²) in [6.07, 6.45) is 0.285. The van der Waals surface area contributed by atoms with Gasteiger partial charge in [-0.1, -0.05) is 11.6 Å². The van der Waals surface area contributed by atoms with Gasteiger partial charge in [-0.2, -0.15) is 0 Å². The second-order valence-corrected chi connectivity index (χ2v) is 5.82. The van der Waals surface area contributed by atoms with Gasteiger partial charge in [0.25, 0.3) is 0 Å². The third-order valence-electron chi connectivity index (χ3n) is 3.07. The van der Waals surface area contributed by atoms with Crippen molar-refractivity contribution in [1.29, 1.82) is 0 Å². The fraction of sp³-hybridized carbons (Fsp3) is 0.545. The Bertz CT molecular complexity index is 387. The maximum atomic E-state index is 10.5. The SMILES string of the molecule is CC(c1csc(Cl)c1)N1CC(CC(=O)O)C1. The molecule has 1 unspecified atom stereocenters. The average molecular weight is 260 g/mol. The summed E-state index contributed by atoms with van der Waals surface area (Å²) >= 11 is 7.43. The number of carboxylic acid groups (broad SMARTS) is 1. The van der Waals surface area contributed by atoms with Crippen molar-refractivity contribution in [2.24, 2.45) is 5.92 Å². The number of thiophene rings is 1. The van der Waals surface area contributed by atoms with Crippen molar-refractivity contribution in [3.05, 3.63) is 21.3 Å². The number of likely N-dealkylation sites (tertiary alicyclic amines) is 1. The Morgan fingerprint density at radius 2 is 2.44 bits per heavy atom. The van der Waals surface area contributed by atoms with Crippen LogP contribution in [-0.2, 0) is 4.79 Å². The average Bonchev–Trinajstić information content (AvgIpc) is 2.56. The van der Waals surface area contributed by atoms with Gasteiger partial charge in [0.2, 0.25) is 0 Å². The Morgan fingerprint density at radius 1 is 1.75 bits per heavy atom. The van der Waals surface area contributed by atoms with E-state index in [-0.39, 0.29) is 6.42 Å². The van der Waals surface area contributed by atoms with E-state index < -0.39 is 5.97 Å². The Balaban J connectivity index is 1.85. The van der Waals surface area contributed by atoms with Crippen LogP contribution in [-0.4, -0.2) is 29.1 Å². The van der Waals surface area contributed by atoms with Gasteiger partial charge in [-0.05, 0) is 29.9 Å². The second-order valence-electron chi connectivity index (χ2n) is 4.28. The van der Waals surface area contributed by atoms with Gasteiger partial charge in [0.15, 0.2) is 0 Å². The lowest BCUT2D eigenvalue weighted by molar-refractivity contribution is -0.139. The molecule has 0 aliphatic carbocycles. The van der Waals surface area contributed by atoms with Crippen LogP contribution in [0, 0.1) is 5.92 Å². The molecular weight excluding hydrogens is 246 g/mol. The summed E-state index contributed by atoms with van der Waals surface area (Å²) in [7, 11) is 0. The van der Waals surface area contributed by atoms with E-state index in [9.17, 15) is 4.79 Å². The fourth-order valence-corrected chi connectivity index (χ4v) is 3.03. The van der Waals surface area contributed by atoms with Crippen LogP contribution in [0.25, 0.3) is 0 Å². The lowest BCUT2D eigenvalue weighted by Gasteiger charge is -2.42. The van der Waals surface area contributed by atoms with Crippen LogP contribution in [0.1, 0.15) is 24.9 Å². The summed E-state index contributed by atoms with van der Waals surface area (Å²) in [5.41, 5.74) is 1.23. The molecule has 88 valence electrons. The van der Waals surface area contributed by atoms with Crippen LogP contribution < -0.4 is 0 Å². The van der Waals surface area contributed by atoms with Crippen molar-refractivity contribution >= 4 is 28.9 Å². The highest BCUT2D eigenvalue weighted by molar-refractivity contribution is 7.14. The predicted octanol–water partition coefficient (Wildman–Crippen LogP) is 2.87. The zero-order valence-electron chi connectivity index (χ0n) is 9.02. The van der Waals surface area contributed by atoms with Gasteiger partial charge >= 0.3 is 5.97 Å². The molecule has 1 aliphatic heterocycles. The molecule has 0 amide bonds. The number of hydrogen-bond donors (Lipinski definition) is 1. The number of aliphatic carboxylic acids is 1. The monoisotopic (exact) mass is 259 g/mol. The first-order valence-corrected chi connectivity index (χ1v) is 6.52. The van der Waals surface area contributed by atoms with Crippen LogP contribution in [0.2, 0.25) is 4.34 Å². The molecule has 0 bridgehead atoms. The molecule has 2 heterocycles. The zero-order valence-corrected chi connectivity index (χ0v) is 10.6. The minimum absolute atomic E-state index is 0.285. The molecule has 0 aromatic carbocycles. The standard InChI is InChI=1S/C11H14ClNO2S/c1-7(9-3-10(12)16-6-9)13-4-8(5-13)2-11(14)15/h3,6-8H,2,4-5H2,1H3,(H,14,15). The zero-order chi connectivity index (χ0) is 11.7. The molecule has 1 saturated heterocycles. The van der Waals surface area contributed by atoms with E-state index in [1.54, 1.807) is 11.3 Å². The van der Waals surface area contributed by atoms with Crippen LogP contribution in [0.15, 0.2) is 11.4 Å². The summed E-state index contributed by atoms with van der Waals surface area (Å²) < 4.78 is 0.810. The number of rotatable bonds is 4. The summed E-state index contributed by atoms with van der Waals surface area (Å²) in [6.45, 7) is 3.89. The first kappa shape index (κ1) is 11.9. The molecule has 1 fully saturated rings. The minimum Gasteiger partial charge on any atom is -0.481 e. The van der Waals surface area contributed by atoms with E-state index >= 15 is 0 Å². The van der Waals surface area contributed by atoms with Crippen LogP contribution in [0.5, 0.6) is 0 Å². The van der Waals surface area contributed by atoms with Crippen molar-refractivity contribution < 1.29 is 9.90 Å². The van der Waals surface area contributed by atoms with E-state index in [1.807, 2.05) is 6.07 Å². The number of halogens is 1. The fourth-order valence-electron chi connectivity index (χ4n) is 2.06. The van der Waals surface area contributed by atoms with Crippen molar-refractivity contribution in [3.8, 4) is 0 Å². The maximum Gasteiger partial charge on any atom is 0.303 e. The Labute approximate surface area is 104 Å². The van der Waals surface area contributed by atoms with Gasteiger partial charge in [0.1, 0.15) is 0 Å². The van der Waals surface area contributed by atoms with Crippen molar-refractivity contribution in [2.75, 3.05) is 13.1 Å². The highest BCUT2D eigenvalue weighted by Crippen LogP contribution is 2.33. The number of hydrogen-bond acceptors (Lipinski definition) is 3. The molecule has 16 heavy (non-hydrogen) atoms. The Kier molecular flexibility index (Phi) is 3.52. The summed E-state index contributed by atoms with van der Waals surface area (Å²) in [5.74, 6) is -0.384. The van der Waals surface area contributed by atoms with Crippen molar-refractivity contribution in [2.45, 2.75) is 19.4 Å². The molecule has 1 atom stereocenters. The second kappa shape index (κ2) is 4.73. The highest BCUT2D eigenvalue weighted by Gasteiger charge is 2.32. The van der Waals surface area contributed by atoms with E-state index in [0.29, 0.717) is 12.0 Å². The molecule has 0 spiro atoms. The molecule has 1 aliphatic rings. The van der Waals surface area contributed by atoms with Gasteiger partial charge in [0, 0.05) is 19.1 Å². The van der Waals surface area contributed by atoms with Gasteiger partial charge in [-0.15, -0.1) is 11.3 Å². The summed E-state index contributed by atoms with van der Waals surface area (Å²) in [6, 6.07) is 2.33. The quantitative estimate of drug-likeness (QED) is 0.904. The van der Waals surface area contributed by atoms with E-state index in [0.717, 1.165) is 17.4 Å². The highest BCUT2D eigenvalue weighted by atomic mass is 35.5. The first-order chi connectivity index (χ1) is 7.56. The third-order valence-corrected chi connectivity index (χ3v) is 4.18. The number of carboxylic acids is 1. The van der Waals surface area contributed by atoms with E-state index in [1.165, 1.54) is 5.56 Å². The molecule has 5 heteroatoms. The van der Waals surface area contributed by atoms with Crippen LogP contribution in [0.3, 0.4) is 0 Å². The lowest BCUT2D eigenvalue weighted by atomic mass is 9.93. The Hall–Kier alpha value is -0.580. The van der Waals surface area contributed by atoms with Gasteiger partial charge in [-0.3, -0.25) is 9.69 Å². The molecule has 1 aromatic heterocycles. The normalized spacial score (nSPS) is 19.4. The van der Waals surface area contributed by atoms with E-state index in [2.05, 4.69) is 17.2 Å². The summed E-state index contributed by atoms with van der Waals surface area (Å²) in [4.78, 5) is 12.8. The molecule has 2 rings (SSSR count). The predicted molar refractivity (Wildman–Crippen MR) is 65.1 cm³/mol. The van der Waals surface area contributed by atoms with Gasteiger partial charge in [0.05, 0.1) is 10.8 Å². The Morgan fingerprint density at radius 3 is 2.94 bits per heavy atom. The third kappa shape index (κ3) is 2.56. The molecular formula is C11H14ClNO2S. The van der Waals surface area contributed by atoms with Crippen molar-refractivity contribution in [1.82, 2.24) is 4.90 Å². The largest absolute Gasteiger partial charge is 0.481 e. The van der Waals surface area contributed by atoms with E-state index in [4.69, 9.17) is 16.7 Å². The van der Waals surface area contributed by atoms with Gasteiger partial charge < -0.3 is 5.11 Å². The number of nitrogens with zero attached hydrogens (tertiary/aromatic N) is 1. The summed E-state index contributed by atoms with van der Waals surface area (Å²) in [5, 5.41) is 10.7. The molecule has 0 radical (unpaired) electrons. The number of carbonyl (C=O) groups is 1. The van der Waals surface area contributed by atoms with Gasteiger partial charge in [-0.25, -0.2) is 0 Å². The molecule has 0 saturated carbocycles. The smallest absolute Gasteiger partial charge is 0.303 e. The van der Waals surface area contributed by atoms with Crippen LogP contribution in [0.4, 0.5) is 0 Å². The van der Waals surface area contributed by atoms with Crippen molar-refractivity contribution in [3.63, 3.8) is 0 Å². The molecule has 1 N–H and O–H groups in total. The topological polar surface area (TPSA) is 40.5 Å². The van der Waals surface area contributed by atoms with Crippen LogP contribution >= 0.6 is 22.9 Å². The first-order valence-electron chi connectivity index (χ1n) is 5.26. The lowest BCUT2D eigenvalue weighted by Crippen LogP contribution is -2.48. The molecule has 1 aromatic rings. The maximum absolute atomic E-state index is 10.5. The molecule has 3 nitrogen and oxygen atoms in total. The minimum atomic E-state index is -0.698.